The maximum absolute atomic E-state index is 15.3. The number of pyridine rings is 1. The number of carbonyl (C=O) groups excluding carboxylic acids is 1. The van der Waals surface area contributed by atoms with Crippen LogP contribution in [-0.2, 0) is 4.79 Å². The molecule has 0 radical (unpaired) electrons. The molecular formula is C30H28F2N8O3. The highest BCUT2D eigenvalue weighted by Gasteiger charge is 2.23. The molecule has 0 spiro atoms. The van der Waals surface area contributed by atoms with Gasteiger partial charge >= 0.3 is 0 Å². The average molecular weight is 587 g/mol. The van der Waals surface area contributed by atoms with Gasteiger partial charge in [-0.15, -0.1) is 0 Å². The molecule has 0 bridgehead atoms. The number of benzene rings is 2. The number of β-amino-alcohol motifs (C(OH)–C–C–N with tert-alkyl or cyclic N) is 1. The molecule has 220 valence electrons. The first-order valence-corrected chi connectivity index (χ1v) is 13.4. The lowest BCUT2D eigenvalue weighted by molar-refractivity contribution is -0.111. The highest BCUT2D eigenvalue weighted by Crippen LogP contribution is 2.30. The van der Waals surface area contributed by atoms with Crippen molar-refractivity contribution in [1.82, 2.24) is 19.4 Å². The van der Waals surface area contributed by atoms with E-state index in [0.717, 1.165) is 6.08 Å². The zero-order chi connectivity index (χ0) is 30.7. The number of aromatic nitrogens is 3. The van der Waals surface area contributed by atoms with E-state index in [2.05, 4.69) is 27.2 Å². The first-order chi connectivity index (χ1) is 20.7. The number of amides is 1. The molecule has 0 atom stereocenters. The fourth-order valence-electron chi connectivity index (χ4n) is 5.00. The van der Waals surface area contributed by atoms with Crippen molar-refractivity contribution in [2.75, 3.05) is 54.9 Å². The molecule has 43 heavy (non-hydrogen) atoms. The number of carbonyl (C=O) groups is 1. The van der Waals surface area contributed by atoms with Gasteiger partial charge in [0.2, 0.25) is 11.9 Å². The number of aliphatic hydroxyl groups excluding tert-OH is 1. The van der Waals surface area contributed by atoms with E-state index in [1.165, 1.54) is 29.8 Å². The Balaban J connectivity index is 1.53. The van der Waals surface area contributed by atoms with Gasteiger partial charge in [-0.25, -0.2) is 13.8 Å². The van der Waals surface area contributed by atoms with Gasteiger partial charge in [0.1, 0.15) is 11.8 Å². The number of hydrogen-bond acceptors (Lipinski definition) is 9. The van der Waals surface area contributed by atoms with Crippen LogP contribution in [0.3, 0.4) is 0 Å². The standard InChI is InChI=1S/C30H28F2N8O3/c1-3-25(42)35-19-5-4-6-20(15-19)40-24(16-33)18(2)28(43)21-17-34-30(37-29(21)40)36-22-7-8-23(27(32)26(22)31)39-11-9-38(10-12-39)13-14-41/h3-8,15,17,41H,1,9-14H2,2H3,(H,35,42)(H,34,36,37). The summed E-state index contributed by atoms with van der Waals surface area (Å²) in [7, 11) is 0. The molecule has 0 aliphatic carbocycles. The van der Waals surface area contributed by atoms with Crippen LogP contribution in [0, 0.1) is 29.9 Å². The highest BCUT2D eigenvalue weighted by atomic mass is 19.2. The molecule has 3 N–H and O–H groups in total. The second-order valence-corrected chi connectivity index (χ2v) is 9.86. The van der Waals surface area contributed by atoms with Gasteiger partial charge in [-0.1, -0.05) is 12.6 Å². The number of halogens is 2. The molecule has 1 aliphatic rings. The molecule has 11 nitrogen and oxygen atoms in total. The molecule has 2 aromatic heterocycles. The van der Waals surface area contributed by atoms with E-state index in [1.54, 1.807) is 29.2 Å². The molecular weight excluding hydrogens is 558 g/mol. The summed E-state index contributed by atoms with van der Waals surface area (Å²) in [5.74, 6) is -2.72. The summed E-state index contributed by atoms with van der Waals surface area (Å²) >= 11 is 0. The van der Waals surface area contributed by atoms with E-state index < -0.39 is 23.0 Å². The van der Waals surface area contributed by atoms with Crippen molar-refractivity contribution in [2.24, 2.45) is 0 Å². The molecule has 1 aliphatic heterocycles. The van der Waals surface area contributed by atoms with Gasteiger partial charge in [-0.3, -0.25) is 19.1 Å². The first kappa shape index (κ1) is 29.3. The third-order valence-corrected chi connectivity index (χ3v) is 7.25. The minimum Gasteiger partial charge on any atom is -0.395 e. The van der Waals surface area contributed by atoms with Crippen LogP contribution in [-0.4, -0.2) is 69.8 Å². The van der Waals surface area contributed by atoms with Crippen molar-refractivity contribution in [3.63, 3.8) is 0 Å². The van der Waals surface area contributed by atoms with Gasteiger partial charge in [0.05, 0.1) is 29.1 Å². The monoisotopic (exact) mass is 586 g/mol. The summed E-state index contributed by atoms with van der Waals surface area (Å²) in [5.41, 5.74) is 0.511. The number of nitriles is 1. The van der Waals surface area contributed by atoms with Gasteiger partial charge in [-0.2, -0.15) is 10.2 Å². The fourth-order valence-corrected chi connectivity index (χ4v) is 5.00. The SMILES string of the molecule is C=CC(=O)Nc1cccc(-n2c(C#N)c(C)c(=O)c3cnc(Nc4ccc(N5CCN(CCO)CC5)c(F)c4F)nc32)c1. The van der Waals surface area contributed by atoms with E-state index in [0.29, 0.717) is 44.1 Å². The summed E-state index contributed by atoms with van der Waals surface area (Å²) < 4.78 is 31.9. The largest absolute Gasteiger partial charge is 0.395 e. The topological polar surface area (TPSA) is 139 Å². The van der Waals surface area contributed by atoms with E-state index in [1.807, 2.05) is 11.0 Å². The molecule has 4 aromatic rings. The van der Waals surface area contributed by atoms with Gasteiger partial charge < -0.3 is 20.6 Å². The zero-order valence-electron chi connectivity index (χ0n) is 23.3. The van der Waals surface area contributed by atoms with Crippen molar-refractivity contribution in [2.45, 2.75) is 6.92 Å². The van der Waals surface area contributed by atoms with Crippen molar-refractivity contribution >= 4 is 40.0 Å². The van der Waals surface area contributed by atoms with E-state index in [4.69, 9.17) is 5.11 Å². The Morgan fingerprint density at radius 2 is 1.95 bits per heavy atom. The lowest BCUT2D eigenvalue weighted by atomic mass is 10.1. The smallest absolute Gasteiger partial charge is 0.247 e. The van der Waals surface area contributed by atoms with Crippen LogP contribution >= 0.6 is 0 Å². The summed E-state index contributed by atoms with van der Waals surface area (Å²) in [6.45, 7) is 7.70. The number of hydrogen-bond donors (Lipinski definition) is 3. The number of aliphatic hydroxyl groups is 1. The highest BCUT2D eigenvalue weighted by molar-refractivity contribution is 5.99. The third-order valence-electron chi connectivity index (χ3n) is 7.25. The number of piperazine rings is 1. The maximum atomic E-state index is 15.3. The Morgan fingerprint density at radius 1 is 1.19 bits per heavy atom. The predicted octanol–water partition coefficient (Wildman–Crippen LogP) is 3.22. The number of fused-ring (bicyclic) bond motifs is 1. The van der Waals surface area contributed by atoms with Gasteiger partial charge in [0.25, 0.3) is 0 Å². The van der Waals surface area contributed by atoms with Crippen molar-refractivity contribution in [3.8, 4) is 11.8 Å². The first-order valence-electron chi connectivity index (χ1n) is 13.4. The Bertz CT molecular complexity index is 1830. The van der Waals surface area contributed by atoms with Crippen LogP contribution in [0.2, 0.25) is 0 Å². The Hall–Kier alpha value is -5.19. The molecule has 3 heterocycles. The Kier molecular flexibility index (Phi) is 8.42. The normalized spacial score (nSPS) is 13.5. The van der Waals surface area contributed by atoms with Gasteiger partial charge in [0.15, 0.2) is 22.7 Å². The van der Waals surface area contributed by atoms with Crippen LogP contribution in [0.25, 0.3) is 16.7 Å². The minimum atomic E-state index is -1.12. The third kappa shape index (κ3) is 5.78. The van der Waals surface area contributed by atoms with Crippen LogP contribution in [0.1, 0.15) is 11.3 Å². The summed E-state index contributed by atoms with van der Waals surface area (Å²) in [4.78, 5) is 37.3. The lowest BCUT2D eigenvalue weighted by Gasteiger charge is -2.36. The molecule has 2 aromatic carbocycles. The van der Waals surface area contributed by atoms with E-state index >= 15 is 8.78 Å². The summed E-state index contributed by atoms with van der Waals surface area (Å²) in [6, 6.07) is 11.5. The molecule has 1 fully saturated rings. The summed E-state index contributed by atoms with van der Waals surface area (Å²) in [5, 5.41) is 24.6. The molecule has 0 saturated carbocycles. The number of nitrogens with one attached hydrogen (secondary N) is 2. The molecule has 1 saturated heterocycles. The fraction of sp³-hybridized carbons (Fsp3) is 0.233. The van der Waals surface area contributed by atoms with E-state index in [-0.39, 0.29) is 46.2 Å². The number of nitrogens with zero attached hydrogens (tertiary/aromatic N) is 6. The van der Waals surface area contributed by atoms with Crippen LogP contribution < -0.4 is 21.0 Å². The van der Waals surface area contributed by atoms with Gasteiger partial charge in [-0.05, 0) is 43.3 Å². The van der Waals surface area contributed by atoms with Gasteiger partial charge in [0, 0.05) is 50.2 Å². The second kappa shape index (κ2) is 12.4. The van der Waals surface area contributed by atoms with E-state index in [9.17, 15) is 14.9 Å². The number of rotatable bonds is 8. The Labute approximate surface area is 245 Å². The van der Waals surface area contributed by atoms with Crippen LogP contribution in [0.15, 0.2) is 60.0 Å². The number of anilines is 4. The van der Waals surface area contributed by atoms with Crippen molar-refractivity contribution in [3.05, 3.63) is 88.4 Å². The van der Waals surface area contributed by atoms with Crippen LogP contribution in [0.4, 0.5) is 31.8 Å². The lowest BCUT2D eigenvalue weighted by Crippen LogP contribution is -2.47. The minimum absolute atomic E-state index is 0.00927. The second-order valence-electron chi connectivity index (χ2n) is 9.86. The quantitative estimate of drug-likeness (QED) is 0.266. The van der Waals surface area contributed by atoms with Crippen LogP contribution in [0.5, 0.6) is 0 Å². The molecule has 13 heteroatoms. The zero-order valence-corrected chi connectivity index (χ0v) is 23.3. The van der Waals surface area contributed by atoms with Crippen molar-refractivity contribution < 1.29 is 18.7 Å². The predicted molar refractivity (Wildman–Crippen MR) is 159 cm³/mol. The molecule has 5 rings (SSSR count). The summed E-state index contributed by atoms with van der Waals surface area (Å²) in [6.07, 6.45) is 2.38. The maximum Gasteiger partial charge on any atom is 0.247 e. The average Bonchev–Trinajstić information content (AvgIpc) is 3.02. The molecule has 1 amide bonds. The molecule has 0 unspecified atom stereocenters. The van der Waals surface area contributed by atoms with Crippen molar-refractivity contribution in [1.29, 1.82) is 5.26 Å². The Morgan fingerprint density at radius 3 is 2.65 bits per heavy atom.